The largest absolute Gasteiger partial charge is 0.342 e. The molecule has 2 aromatic rings. The molecule has 152 valence electrons. The Morgan fingerprint density at radius 2 is 1.66 bits per heavy atom. The molecule has 0 saturated carbocycles. The predicted octanol–water partition coefficient (Wildman–Crippen LogP) is 2.95. The molecule has 2 aromatic carbocycles. The van der Waals surface area contributed by atoms with Crippen molar-refractivity contribution in [2.45, 2.75) is 25.8 Å². The fourth-order valence-electron chi connectivity index (χ4n) is 4.45. The van der Waals surface area contributed by atoms with Crippen molar-refractivity contribution in [1.82, 2.24) is 9.80 Å². The molecule has 4 rings (SSSR count). The Hall–Kier alpha value is -2.66. The number of piperidine rings is 1. The number of rotatable bonds is 5. The second-order valence-electron chi connectivity index (χ2n) is 8.18. The molecule has 0 atom stereocenters. The Morgan fingerprint density at radius 3 is 2.41 bits per heavy atom. The lowest BCUT2D eigenvalue weighted by Gasteiger charge is -2.34. The number of likely N-dealkylation sites (tertiary alicyclic amines) is 1. The zero-order valence-corrected chi connectivity index (χ0v) is 17.1. The third kappa shape index (κ3) is 4.51. The number of nitrogens with zero attached hydrogens (tertiary/aromatic N) is 3. The van der Waals surface area contributed by atoms with Gasteiger partial charge in [0.25, 0.3) is 0 Å². The molecule has 0 aliphatic carbocycles. The van der Waals surface area contributed by atoms with E-state index in [1.54, 1.807) is 0 Å². The van der Waals surface area contributed by atoms with Gasteiger partial charge in [-0.05, 0) is 43.5 Å². The first-order valence-corrected chi connectivity index (χ1v) is 10.5. The van der Waals surface area contributed by atoms with Crippen LogP contribution in [0.3, 0.4) is 0 Å². The summed E-state index contributed by atoms with van der Waals surface area (Å²) in [5.41, 5.74) is 3.53. The highest BCUT2D eigenvalue weighted by Crippen LogP contribution is 2.31. The van der Waals surface area contributed by atoms with E-state index in [4.69, 9.17) is 0 Å². The molecule has 5 nitrogen and oxygen atoms in total. The van der Waals surface area contributed by atoms with E-state index in [-0.39, 0.29) is 17.7 Å². The molecule has 0 bridgehead atoms. The minimum atomic E-state index is 0.0206. The molecule has 0 aromatic heterocycles. The second kappa shape index (κ2) is 8.78. The van der Waals surface area contributed by atoms with Gasteiger partial charge < -0.3 is 9.80 Å². The van der Waals surface area contributed by atoms with Gasteiger partial charge in [0.1, 0.15) is 0 Å². The van der Waals surface area contributed by atoms with Crippen LogP contribution in [-0.4, -0.2) is 54.8 Å². The molecule has 2 heterocycles. The Morgan fingerprint density at radius 1 is 0.966 bits per heavy atom. The average Bonchev–Trinajstić information content (AvgIpc) is 3.18. The van der Waals surface area contributed by atoms with Crippen LogP contribution in [0.1, 0.15) is 24.0 Å². The fourth-order valence-corrected chi connectivity index (χ4v) is 4.45. The maximum atomic E-state index is 13.0. The number of hydrogen-bond donors (Lipinski definition) is 0. The van der Waals surface area contributed by atoms with E-state index >= 15 is 0 Å². The van der Waals surface area contributed by atoms with E-state index in [9.17, 15) is 9.59 Å². The van der Waals surface area contributed by atoms with Crippen LogP contribution in [0.15, 0.2) is 54.6 Å². The van der Waals surface area contributed by atoms with Crippen LogP contribution in [0, 0.1) is 5.92 Å². The van der Waals surface area contributed by atoms with Crippen LogP contribution in [0.5, 0.6) is 0 Å². The highest BCUT2D eigenvalue weighted by atomic mass is 16.2. The molecule has 0 radical (unpaired) electrons. The molecular formula is C24H29N3O2. The Balaban J connectivity index is 1.27. The first-order chi connectivity index (χ1) is 14.1. The summed E-state index contributed by atoms with van der Waals surface area (Å²) in [6.45, 7) is 3.29. The molecule has 5 heteroatoms. The molecule has 1 saturated heterocycles. The van der Waals surface area contributed by atoms with Crippen molar-refractivity contribution in [3.05, 3.63) is 65.7 Å². The van der Waals surface area contributed by atoms with Crippen molar-refractivity contribution in [3.63, 3.8) is 0 Å². The first-order valence-electron chi connectivity index (χ1n) is 10.5. The van der Waals surface area contributed by atoms with Crippen molar-refractivity contribution in [3.8, 4) is 0 Å². The summed E-state index contributed by atoms with van der Waals surface area (Å²) in [7, 11) is 1.98. The van der Waals surface area contributed by atoms with Gasteiger partial charge in [0.2, 0.25) is 11.8 Å². The van der Waals surface area contributed by atoms with Crippen LogP contribution >= 0.6 is 0 Å². The summed E-state index contributed by atoms with van der Waals surface area (Å²) in [6.07, 6.45) is 2.45. The van der Waals surface area contributed by atoms with Gasteiger partial charge in [-0.25, -0.2) is 0 Å². The number of carbonyl (C=O) groups is 2. The monoisotopic (exact) mass is 391 g/mol. The van der Waals surface area contributed by atoms with E-state index < -0.39 is 0 Å². The number of likely N-dealkylation sites (N-methyl/N-ethyl adjacent to an activating group) is 1. The molecule has 2 aliphatic heterocycles. The Kier molecular flexibility index (Phi) is 5.95. The lowest BCUT2D eigenvalue weighted by atomic mass is 9.95. The van der Waals surface area contributed by atoms with Crippen molar-refractivity contribution in [2.75, 3.05) is 38.1 Å². The zero-order valence-electron chi connectivity index (χ0n) is 17.1. The van der Waals surface area contributed by atoms with Gasteiger partial charge in [0.05, 0.1) is 6.54 Å². The Labute approximate surface area is 172 Å². The van der Waals surface area contributed by atoms with Gasteiger partial charge in [-0.3, -0.25) is 14.5 Å². The summed E-state index contributed by atoms with van der Waals surface area (Å²) in [5, 5.41) is 0. The average molecular weight is 392 g/mol. The molecule has 2 aliphatic rings. The topological polar surface area (TPSA) is 43.9 Å². The molecule has 1 fully saturated rings. The second-order valence-corrected chi connectivity index (χ2v) is 8.18. The summed E-state index contributed by atoms with van der Waals surface area (Å²) in [5.74, 6) is 0.399. The Bertz CT molecular complexity index is 859. The standard InChI is InChI=1S/C24H29N3O2/c1-25(17-19-7-3-2-4-8-19)18-23(28)26-14-11-21(12-15-26)24(29)27-16-13-20-9-5-6-10-22(20)27/h2-10,21H,11-18H2,1H3. The van der Waals surface area contributed by atoms with Gasteiger partial charge in [0.15, 0.2) is 0 Å². The third-order valence-corrected chi connectivity index (χ3v) is 6.05. The lowest BCUT2D eigenvalue weighted by molar-refractivity contribution is -0.135. The van der Waals surface area contributed by atoms with Crippen LogP contribution < -0.4 is 4.90 Å². The van der Waals surface area contributed by atoms with Crippen LogP contribution in [0.2, 0.25) is 0 Å². The van der Waals surface area contributed by atoms with Crippen molar-refractivity contribution in [1.29, 1.82) is 0 Å². The molecule has 0 unspecified atom stereocenters. The maximum absolute atomic E-state index is 13.0. The summed E-state index contributed by atoms with van der Waals surface area (Å²) in [4.78, 5) is 31.6. The fraction of sp³-hybridized carbons (Fsp3) is 0.417. The molecular weight excluding hydrogens is 362 g/mol. The number of fused-ring (bicyclic) bond motifs is 1. The van der Waals surface area contributed by atoms with Crippen LogP contribution in [0.25, 0.3) is 0 Å². The number of amides is 2. The molecule has 29 heavy (non-hydrogen) atoms. The van der Waals surface area contributed by atoms with Crippen LogP contribution in [-0.2, 0) is 22.6 Å². The summed E-state index contributed by atoms with van der Waals surface area (Å²) in [6, 6.07) is 18.4. The first kappa shape index (κ1) is 19.6. The number of benzene rings is 2. The van der Waals surface area contributed by atoms with Gasteiger partial charge >= 0.3 is 0 Å². The van der Waals surface area contributed by atoms with Crippen LogP contribution in [0.4, 0.5) is 5.69 Å². The van der Waals surface area contributed by atoms with E-state index in [1.165, 1.54) is 11.1 Å². The molecule has 0 N–H and O–H groups in total. The predicted molar refractivity (Wildman–Crippen MR) is 115 cm³/mol. The summed E-state index contributed by atoms with van der Waals surface area (Å²) < 4.78 is 0. The van der Waals surface area contributed by atoms with Gasteiger partial charge in [-0.1, -0.05) is 48.5 Å². The number of para-hydroxylation sites is 1. The van der Waals surface area contributed by atoms with Crippen molar-refractivity contribution in [2.24, 2.45) is 5.92 Å². The quantitative estimate of drug-likeness (QED) is 0.787. The van der Waals surface area contributed by atoms with E-state index in [1.807, 2.05) is 53.2 Å². The number of anilines is 1. The highest BCUT2D eigenvalue weighted by Gasteiger charge is 2.33. The maximum Gasteiger partial charge on any atom is 0.236 e. The van der Waals surface area contributed by atoms with E-state index in [0.717, 1.165) is 38.0 Å². The smallest absolute Gasteiger partial charge is 0.236 e. The SMILES string of the molecule is CN(CC(=O)N1CCC(C(=O)N2CCc3ccccc32)CC1)Cc1ccccc1. The molecule has 2 amide bonds. The lowest BCUT2D eigenvalue weighted by Crippen LogP contribution is -2.46. The number of hydrogen-bond acceptors (Lipinski definition) is 3. The third-order valence-electron chi connectivity index (χ3n) is 6.05. The molecule has 0 spiro atoms. The number of carbonyl (C=O) groups excluding carboxylic acids is 2. The normalized spacial score (nSPS) is 16.9. The van der Waals surface area contributed by atoms with E-state index in [0.29, 0.717) is 19.6 Å². The van der Waals surface area contributed by atoms with Gasteiger partial charge in [-0.2, -0.15) is 0 Å². The van der Waals surface area contributed by atoms with Gasteiger partial charge in [0, 0.05) is 37.8 Å². The summed E-state index contributed by atoms with van der Waals surface area (Å²) >= 11 is 0. The highest BCUT2D eigenvalue weighted by molar-refractivity contribution is 5.97. The zero-order chi connectivity index (χ0) is 20.2. The van der Waals surface area contributed by atoms with Crippen molar-refractivity contribution >= 4 is 17.5 Å². The van der Waals surface area contributed by atoms with E-state index in [2.05, 4.69) is 23.1 Å². The minimum Gasteiger partial charge on any atom is -0.342 e. The minimum absolute atomic E-state index is 0.0206. The van der Waals surface area contributed by atoms with Crippen molar-refractivity contribution < 1.29 is 9.59 Å². The van der Waals surface area contributed by atoms with Gasteiger partial charge in [-0.15, -0.1) is 0 Å².